The number of aliphatic carboxylic acids is 1. The molecule has 6 heteroatoms. The van der Waals surface area contributed by atoms with Crippen molar-refractivity contribution < 1.29 is 14.8 Å². The summed E-state index contributed by atoms with van der Waals surface area (Å²) in [4.78, 5) is 20.9. The van der Waals surface area contributed by atoms with Gasteiger partial charge in [-0.2, -0.15) is 0 Å². The van der Waals surface area contributed by atoms with Crippen LogP contribution < -0.4 is 5.73 Å². The Labute approximate surface area is 97.2 Å². The van der Waals surface area contributed by atoms with Gasteiger partial charge in [-0.05, 0) is 18.4 Å². The van der Waals surface area contributed by atoms with E-state index < -0.39 is 22.3 Å². The lowest BCUT2D eigenvalue weighted by Crippen LogP contribution is -2.41. The van der Waals surface area contributed by atoms with Crippen molar-refractivity contribution in [3.05, 3.63) is 39.9 Å². The minimum Gasteiger partial charge on any atom is -0.480 e. The Morgan fingerprint density at radius 3 is 2.29 bits per heavy atom. The molecule has 0 aromatic heterocycles. The van der Waals surface area contributed by atoms with E-state index in [0.717, 1.165) is 5.56 Å². The van der Waals surface area contributed by atoms with Crippen molar-refractivity contribution in [2.45, 2.75) is 24.3 Å². The number of benzene rings is 1. The highest BCUT2D eigenvalue weighted by atomic mass is 16.6. The van der Waals surface area contributed by atoms with Crippen LogP contribution in [0.5, 0.6) is 0 Å². The molecule has 1 atom stereocenters. The van der Waals surface area contributed by atoms with Crippen molar-refractivity contribution in [1.82, 2.24) is 0 Å². The van der Waals surface area contributed by atoms with Gasteiger partial charge in [0.25, 0.3) is 5.69 Å². The Morgan fingerprint density at radius 2 is 1.94 bits per heavy atom. The van der Waals surface area contributed by atoms with Crippen LogP contribution in [-0.4, -0.2) is 22.0 Å². The molecule has 2 rings (SSSR count). The quantitative estimate of drug-likeness (QED) is 0.600. The number of carboxylic acid groups (broad SMARTS) is 1. The predicted octanol–water partition coefficient (Wildman–Crippen LogP) is 1.04. The molecule has 0 bridgehead atoms. The molecule has 0 heterocycles. The minimum absolute atomic E-state index is 0.00607. The molecule has 1 aromatic rings. The van der Waals surface area contributed by atoms with Crippen LogP contribution in [0.1, 0.15) is 18.4 Å². The van der Waals surface area contributed by atoms with Gasteiger partial charge in [-0.15, -0.1) is 0 Å². The zero-order valence-corrected chi connectivity index (χ0v) is 9.00. The number of rotatable bonds is 4. The first-order chi connectivity index (χ1) is 7.97. The fraction of sp³-hybridized carbons (Fsp3) is 0.364. The van der Waals surface area contributed by atoms with Gasteiger partial charge < -0.3 is 10.8 Å². The van der Waals surface area contributed by atoms with Gasteiger partial charge in [0, 0.05) is 17.5 Å². The number of nitro groups is 1. The fourth-order valence-electron chi connectivity index (χ4n) is 2.07. The summed E-state index contributed by atoms with van der Waals surface area (Å²) in [5.41, 5.74) is 5.87. The van der Waals surface area contributed by atoms with Crippen molar-refractivity contribution in [3.8, 4) is 0 Å². The van der Waals surface area contributed by atoms with E-state index in [1.165, 1.54) is 12.1 Å². The Bertz CT molecular complexity index is 465. The van der Waals surface area contributed by atoms with Gasteiger partial charge in [-0.25, -0.2) is 0 Å². The summed E-state index contributed by atoms with van der Waals surface area (Å²) in [6.07, 6.45) is 1.41. The van der Waals surface area contributed by atoms with Crippen LogP contribution >= 0.6 is 0 Å². The second-order valence-corrected chi connectivity index (χ2v) is 4.28. The summed E-state index contributed by atoms with van der Waals surface area (Å²) in [5.74, 6) is -1.04. The molecule has 1 fully saturated rings. The van der Waals surface area contributed by atoms with Crippen LogP contribution in [0, 0.1) is 10.1 Å². The van der Waals surface area contributed by atoms with Gasteiger partial charge in [0.15, 0.2) is 0 Å². The predicted molar refractivity (Wildman–Crippen MR) is 59.6 cm³/mol. The molecule has 3 N–H and O–H groups in total. The summed E-state index contributed by atoms with van der Waals surface area (Å²) >= 11 is 0. The van der Waals surface area contributed by atoms with Crippen molar-refractivity contribution in [2.24, 2.45) is 5.73 Å². The maximum atomic E-state index is 10.9. The largest absolute Gasteiger partial charge is 0.480 e. The maximum Gasteiger partial charge on any atom is 0.321 e. The number of hydrogen-bond donors (Lipinski definition) is 2. The molecular weight excluding hydrogens is 224 g/mol. The van der Waals surface area contributed by atoms with Crippen LogP contribution in [0.2, 0.25) is 0 Å². The zero-order chi connectivity index (χ0) is 12.6. The molecule has 1 unspecified atom stereocenters. The third-order valence-electron chi connectivity index (χ3n) is 3.30. The topological polar surface area (TPSA) is 106 Å². The number of carbonyl (C=O) groups is 1. The molecule has 0 saturated heterocycles. The highest BCUT2D eigenvalue weighted by Gasteiger charge is 2.52. The molecule has 1 aliphatic carbocycles. The van der Waals surface area contributed by atoms with Crippen LogP contribution in [-0.2, 0) is 10.2 Å². The van der Waals surface area contributed by atoms with E-state index in [-0.39, 0.29) is 5.69 Å². The molecular formula is C11H12N2O4. The Kier molecular flexibility index (Phi) is 2.59. The molecule has 1 saturated carbocycles. The molecule has 1 aliphatic rings. The number of carboxylic acids is 1. The third kappa shape index (κ3) is 1.87. The standard InChI is InChI=1S/C11H12N2O4/c12-9(10(14)15)11(5-6-11)7-1-3-8(4-2-7)13(16)17/h1-4,9H,5-6,12H2,(H,14,15). The minimum atomic E-state index is -1.04. The van der Waals surface area contributed by atoms with E-state index in [1.807, 2.05) is 0 Å². The first-order valence-corrected chi connectivity index (χ1v) is 5.21. The average molecular weight is 236 g/mol. The molecule has 0 amide bonds. The molecule has 17 heavy (non-hydrogen) atoms. The lowest BCUT2D eigenvalue weighted by atomic mass is 9.88. The lowest BCUT2D eigenvalue weighted by molar-refractivity contribution is -0.384. The Balaban J connectivity index is 2.29. The van der Waals surface area contributed by atoms with Gasteiger partial charge in [0.05, 0.1) is 4.92 Å². The van der Waals surface area contributed by atoms with Gasteiger partial charge in [-0.1, -0.05) is 12.1 Å². The summed E-state index contributed by atoms with van der Waals surface area (Å²) < 4.78 is 0. The highest BCUT2D eigenvalue weighted by Crippen LogP contribution is 2.50. The summed E-state index contributed by atoms with van der Waals surface area (Å²) in [5, 5.41) is 19.4. The number of nitrogens with two attached hydrogens (primary N) is 1. The average Bonchev–Trinajstić information content (AvgIpc) is 3.09. The first kappa shape index (κ1) is 11.5. The van der Waals surface area contributed by atoms with E-state index in [1.54, 1.807) is 12.1 Å². The van der Waals surface area contributed by atoms with E-state index >= 15 is 0 Å². The molecule has 0 radical (unpaired) electrons. The first-order valence-electron chi connectivity index (χ1n) is 5.21. The highest BCUT2D eigenvalue weighted by molar-refractivity contribution is 5.77. The van der Waals surface area contributed by atoms with Crippen molar-refractivity contribution in [1.29, 1.82) is 0 Å². The summed E-state index contributed by atoms with van der Waals surface area (Å²) in [6, 6.07) is 4.99. The second kappa shape index (κ2) is 3.81. The monoisotopic (exact) mass is 236 g/mol. The normalized spacial score (nSPS) is 18.4. The van der Waals surface area contributed by atoms with Gasteiger partial charge in [-0.3, -0.25) is 14.9 Å². The number of non-ortho nitro benzene ring substituents is 1. The van der Waals surface area contributed by atoms with E-state index in [9.17, 15) is 14.9 Å². The number of hydrogen-bond acceptors (Lipinski definition) is 4. The number of nitrogens with zero attached hydrogens (tertiary/aromatic N) is 1. The zero-order valence-electron chi connectivity index (χ0n) is 9.00. The van der Waals surface area contributed by atoms with Gasteiger partial charge in [0.1, 0.15) is 6.04 Å². The fourth-order valence-corrected chi connectivity index (χ4v) is 2.07. The SMILES string of the molecule is NC(C(=O)O)C1(c2ccc([N+](=O)[O-])cc2)CC1. The molecule has 1 aromatic carbocycles. The van der Waals surface area contributed by atoms with Crippen molar-refractivity contribution >= 4 is 11.7 Å². The van der Waals surface area contributed by atoms with Crippen LogP contribution in [0.3, 0.4) is 0 Å². The Hall–Kier alpha value is -1.95. The van der Waals surface area contributed by atoms with Crippen LogP contribution in [0.15, 0.2) is 24.3 Å². The van der Waals surface area contributed by atoms with Gasteiger partial charge in [0.2, 0.25) is 0 Å². The van der Waals surface area contributed by atoms with E-state index in [0.29, 0.717) is 12.8 Å². The van der Waals surface area contributed by atoms with E-state index in [4.69, 9.17) is 10.8 Å². The smallest absolute Gasteiger partial charge is 0.321 e. The van der Waals surface area contributed by atoms with Crippen LogP contribution in [0.25, 0.3) is 0 Å². The summed E-state index contributed by atoms with van der Waals surface area (Å²) in [7, 11) is 0. The number of nitro benzene ring substituents is 1. The second-order valence-electron chi connectivity index (χ2n) is 4.28. The molecule has 90 valence electrons. The molecule has 6 nitrogen and oxygen atoms in total. The lowest BCUT2D eigenvalue weighted by Gasteiger charge is -2.19. The van der Waals surface area contributed by atoms with E-state index in [2.05, 4.69) is 0 Å². The summed E-state index contributed by atoms with van der Waals surface area (Å²) in [6.45, 7) is 0. The van der Waals surface area contributed by atoms with Crippen molar-refractivity contribution in [2.75, 3.05) is 0 Å². The molecule has 0 spiro atoms. The van der Waals surface area contributed by atoms with Crippen molar-refractivity contribution in [3.63, 3.8) is 0 Å². The third-order valence-corrected chi connectivity index (χ3v) is 3.30. The van der Waals surface area contributed by atoms with Gasteiger partial charge >= 0.3 is 5.97 Å². The maximum absolute atomic E-state index is 10.9. The Morgan fingerprint density at radius 1 is 1.41 bits per heavy atom. The van der Waals surface area contributed by atoms with Crippen LogP contribution in [0.4, 0.5) is 5.69 Å². The molecule has 0 aliphatic heterocycles.